The number of esters is 1. The lowest BCUT2D eigenvalue weighted by atomic mass is 10.2. The summed E-state index contributed by atoms with van der Waals surface area (Å²) < 4.78 is 10.3. The minimum absolute atomic E-state index is 0.365. The third kappa shape index (κ3) is 3.53. The number of nitrogens with zero attached hydrogens (tertiary/aromatic N) is 1. The number of pyridine rings is 1. The minimum atomic E-state index is -0.499. The summed E-state index contributed by atoms with van der Waals surface area (Å²) in [4.78, 5) is 15.9. The second-order valence-corrected chi connectivity index (χ2v) is 4.54. The fourth-order valence-corrected chi connectivity index (χ4v) is 1.20. The molecule has 0 aliphatic heterocycles. The summed E-state index contributed by atoms with van der Waals surface area (Å²) in [6.07, 6.45) is 0. The number of methoxy groups -OCH3 is 1. The first-order chi connectivity index (χ1) is 7.31. The Labute approximate surface area is 95.6 Å². The smallest absolute Gasteiger partial charge is 0.338 e. The number of hydrogen-bond acceptors (Lipinski definition) is 4. The first kappa shape index (κ1) is 12.5. The van der Waals surface area contributed by atoms with Crippen LogP contribution in [-0.2, 0) is 4.74 Å². The predicted octanol–water partition coefficient (Wildman–Crippen LogP) is 2.35. The van der Waals surface area contributed by atoms with Gasteiger partial charge in [-0.25, -0.2) is 9.78 Å². The molecule has 0 fully saturated rings. The van der Waals surface area contributed by atoms with Crippen molar-refractivity contribution in [3.63, 3.8) is 0 Å². The van der Waals surface area contributed by atoms with Gasteiger partial charge in [0.1, 0.15) is 5.60 Å². The highest BCUT2D eigenvalue weighted by atomic mass is 16.6. The van der Waals surface area contributed by atoms with E-state index in [0.717, 1.165) is 5.69 Å². The molecular weight excluding hydrogens is 206 g/mol. The number of carbonyl (C=O) groups excluding carboxylic acids is 1. The lowest BCUT2D eigenvalue weighted by molar-refractivity contribution is 0.00688. The number of aryl methyl sites for hydroxylation is 1. The lowest BCUT2D eigenvalue weighted by Crippen LogP contribution is -2.24. The van der Waals surface area contributed by atoms with Crippen LogP contribution in [0.25, 0.3) is 0 Å². The Morgan fingerprint density at radius 2 is 1.94 bits per heavy atom. The summed E-state index contributed by atoms with van der Waals surface area (Å²) in [5.41, 5.74) is 0.682. The van der Waals surface area contributed by atoms with Gasteiger partial charge in [-0.1, -0.05) is 0 Å². The molecule has 0 aliphatic rings. The van der Waals surface area contributed by atoms with Crippen molar-refractivity contribution >= 4 is 5.97 Å². The standard InChI is InChI=1S/C12H17NO3/c1-8-6-9(7-10(13-8)15-5)11(14)16-12(2,3)4/h6-7H,1-5H3. The van der Waals surface area contributed by atoms with E-state index in [1.165, 1.54) is 7.11 Å². The van der Waals surface area contributed by atoms with Crippen LogP contribution < -0.4 is 4.74 Å². The molecule has 0 amide bonds. The molecule has 0 unspecified atom stereocenters. The molecule has 4 nitrogen and oxygen atoms in total. The molecule has 0 atom stereocenters. The zero-order valence-electron chi connectivity index (χ0n) is 10.3. The van der Waals surface area contributed by atoms with Crippen molar-refractivity contribution in [3.05, 3.63) is 23.4 Å². The molecule has 0 bridgehead atoms. The Bertz CT molecular complexity index is 394. The molecule has 1 rings (SSSR count). The Morgan fingerprint density at radius 1 is 1.31 bits per heavy atom. The van der Waals surface area contributed by atoms with E-state index in [9.17, 15) is 4.79 Å². The molecule has 0 aromatic carbocycles. The van der Waals surface area contributed by atoms with Crippen LogP contribution in [0.2, 0.25) is 0 Å². The van der Waals surface area contributed by atoms with Crippen LogP contribution in [0.3, 0.4) is 0 Å². The van der Waals surface area contributed by atoms with Crippen molar-refractivity contribution in [2.45, 2.75) is 33.3 Å². The predicted molar refractivity (Wildman–Crippen MR) is 60.7 cm³/mol. The van der Waals surface area contributed by atoms with Gasteiger partial charge >= 0.3 is 5.97 Å². The van der Waals surface area contributed by atoms with Crippen LogP contribution >= 0.6 is 0 Å². The average Bonchev–Trinajstić information content (AvgIpc) is 2.14. The van der Waals surface area contributed by atoms with Crippen LogP contribution in [-0.4, -0.2) is 23.7 Å². The Balaban J connectivity index is 2.95. The molecule has 1 aromatic heterocycles. The normalized spacial score (nSPS) is 11.1. The van der Waals surface area contributed by atoms with E-state index < -0.39 is 5.60 Å². The van der Waals surface area contributed by atoms with Gasteiger partial charge in [0.15, 0.2) is 0 Å². The van der Waals surface area contributed by atoms with Gasteiger partial charge < -0.3 is 9.47 Å². The molecule has 0 spiro atoms. The first-order valence-electron chi connectivity index (χ1n) is 5.08. The van der Waals surface area contributed by atoms with Crippen molar-refractivity contribution < 1.29 is 14.3 Å². The van der Waals surface area contributed by atoms with Gasteiger partial charge in [-0.3, -0.25) is 0 Å². The van der Waals surface area contributed by atoms with Crippen LogP contribution in [0, 0.1) is 6.92 Å². The molecule has 1 aromatic rings. The molecule has 0 saturated carbocycles. The van der Waals surface area contributed by atoms with Crippen molar-refractivity contribution in [1.29, 1.82) is 0 Å². The second kappa shape index (κ2) is 4.51. The third-order valence-corrected chi connectivity index (χ3v) is 1.77. The molecule has 0 N–H and O–H groups in total. The Hall–Kier alpha value is -1.58. The highest BCUT2D eigenvalue weighted by molar-refractivity contribution is 5.90. The molecule has 0 saturated heterocycles. The summed E-state index contributed by atoms with van der Waals surface area (Å²) in [7, 11) is 1.51. The van der Waals surface area contributed by atoms with Crippen molar-refractivity contribution in [1.82, 2.24) is 4.98 Å². The van der Waals surface area contributed by atoms with E-state index >= 15 is 0 Å². The maximum absolute atomic E-state index is 11.8. The topological polar surface area (TPSA) is 48.4 Å². The number of rotatable bonds is 2. The van der Waals surface area contributed by atoms with Crippen LogP contribution in [0.4, 0.5) is 0 Å². The molecular formula is C12H17NO3. The van der Waals surface area contributed by atoms with E-state index in [4.69, 9.17) is 9.47 Å². The van der Waals surface area contributed by atoms with Crippen LogP contribution in [0.15, 0.2) is 12.1 Å². The molecule has 16 heavy (non-hydrogen) atoms. The molecule has 88 valence electrons. The Kier molecular flexibility index (Phi) is 3.52. The molecule has 0 aliphatic carbocycles. The first-order valence-corrected chi connectivity index (χ1v) is 5.08. The maximum atomic E-state index is 11.8. The zero-order valence-corrected chi connectivity index (χ0v) is 10.3. The van der Waals surface area contributed by atoms with Crippen molar-refractivity contribution in [3.8, 4) is 5.88 Å². The maximum Gasteiger partial charge on any atom is 0.338 e. The highest BCUT2D eigenvalue weighted by Gasteiger charge is 2.18. The van der Waals surface area contributed by atoms with Crippen molar-refractivity contribution in [2.24, 2.45) is 0 Å². The van der Waals surface area contributed by atoms with Crippen molar-refractivity contribution in [2.75, 3.05) is 7.11 Å². The van der Waals surface area contributed by atoms with Crippen LogP contribution in [0.5, 0.6) is 5.88 Å². The molecule has 1 heterocycles. The number of aromatic nitrogens is 1. The SMILES string of the molecule is COc1cc(C(=O)OC(C)(C)C)cc(C)n1. The fourth-order valence-electron chi connectivity index (χ4n) is 1.20. The lowest BCUT2D eigenvalue weighted by Gasteiger charge is -2.19. The zero-order chi connectivity index (χ0) is 12.3. The van der Waals surface area contributed by atoms with Gasteiger partial charge in [-0.15, -0.1) is 0 Å². The monoisotopic (exact) mass is 223 g/mol. The largest absolute Gasteiger partial charge is 0.481 e. The number of ether oxygens (including phenoxy) is 2. The summed E-state index contributed by atoms with van der Waals surface area (Å²) in [5, 5.41) is 0. The van der Waals surface area contributed by atoms with E-state index in [0.29, 0.717) is 11.4 Å². The van der Waals surface area contributed by atoms with Gasteiger partial charge in [0.2, 0.25) is 5.88 Å². The summed E-state index contributed by atoms with van der Waals surface area (Å²) in [5.74, 6) is 0.0529. The molecule has 0 radical (unpaired) electrons. The quantitative estimate of drug-likeness (QED) is 0.722. The van der Waals surface area contributed by atoms with E-state index in [1.54, 1.807) is 19.1 Å². The van der Waals surface area contributed by atoms with Gasteiger partial charge in [0.25, 0.3) is 0 Å². The van der Waals surface area contributed by atoms with Gasteiger partial charge in [-0.05, 0) is 33.8 Å². The third-order valence-electron chi connectivity index (χ3n) is 1.77. The Morgan fingerprint density at radius 3 is 2.44 bits per heavy atom. The van der Waals surface area contributed by atoms with E-state index in [-0.39, 0.29) is 5.97 Å². The van der Waals surface area contributed by atoms with E-state index in [2.05, 4.69) is 4.98 Å². The van der Waals surface area contributed by atoms with Gasteiger partial charge in [0.05, 0.1) is 12.7 Å². The molecule has 4 heteroatoms. The summed E-state index contributed by atoms with van der Waals surface area (Å²) in [6, 6.07) is 3.25. The minimum Gasteiger partial charge on any atom is -0.481 e. The van der Waals surface area contributed by atoms with Crippen LogP contribution in [0.1, 0.15) is 36.8 Å². The second-order valence-electron chi connectivity index (χ2n) is 4.54. The summed E-state index contributed by atoms with van der Waals surface area (Å²) >= 11 is 0. The fraction of sp³-hybridized carbons (Fsp3) is 0.500. The van der Waals surface area contributed by atoms with E-state index in [1.807, 2.05) is 20.8 Å². The summed E-state index contributed by atoms with van der Waals surface area (Å²) in [6.45, 7) is 7.29. The van der Waals surface area contributed by atoms with Gasteiger partial charge in [0, 0.05) is 11.8 Å². The average molecular weight is 223 g/mol. The van der Waals surface area contributed by atoms with Gasteiger partial charge in [-0.2, -0.15) is 0 Å². The number of hydrogen-bond donors (Lipinski definition) is 0. The number of carbonyl (C=O) groups is 1. The highest BCUT2D eigenvalue weighted by Crippen LogP contribution is 2.16.